The second kappa shape index (κ2) is 10.3. The Labute approximate surface area is 186 Å². The second-order valence-corrected chi connectivity index (χ2v) is 7.15. The quantitative estimate of drug-likeness (QED) is 0.488. The van der Waals surface area contributed by atoms with Crippen LogP contribution >= 0.6 is 34.8 Å². The molecule has 0 aliphatic heterocycles. The van der Waals surface area contributed by atoms with E-state index in [2.05, 4.69) is 20.8 Å². The zero-order valence-electron chi connectivity index (χ0n) is 15.3. The van der Waals surface area contributed by atoms with Crippen LogP contribution in [0.15, 0.2) is 47.0 Å². The summed E-state index contributed by atoms with van der Waals surface area (Å²) in [6.45, 7) is 0.134. The number of carbonyl (C=O) groups excluding carboxylic acids is 2. The first-order valence-corrected chi connectivity index (χ1v) is 9.78. The molecule has 0 atom stereocenters. The summed E-state index contributed by atoms with van der Waals surface area (Å²) < 4.78 is 10.3. The van der Waals surface area contributed by atoms with E-state index in [0.29, 0.717) is 26.4 Å². The number of rotatable bonds is 8. The summed E-state index contributed by atoms with van der Waals surface area (Å²) in [5, 5.41) is 10.2. The van der Waals surface area contributed by atoms with E-state index < -0.39 is 5.91 Å². The van der Waals surface area contributed by atoms with Gasteiger partial charge in [-0.05, 0) is 24.3 Å². The molecule has 0 bridgehead atoms. The molecule has 0 fully saturated rings. The maximum atomic E-state index is 12.1. The van der Waals surface area contributed by atoms with Crippen LogP contribution in [0.1, 0.15) is 10.7 Å². The number of halogens is 3. The molecular weight excluding hydrogens is 455 g/mol. The first kappa shape index (κ1) is 21.9. The van der Waals surface area contributed by atoms with E-state index in [1.54, 1.807) is 36.4 Å². The molecular formula is C19H15Cl3N4O4. The Bertz CT molecular complexity index is 1060. The van der Waals surface area contributed by atoms with E-state index in [9.17, 15) is 9.59 Å². The van der Waals surface area contributed by atoms with E-state index in [0.717, 1.165) is 0 Å². The molecule has 2 N–H and O–H groups in total. The molecule has 1 aromatic heterocycles. The highest BCUT2D eigenvalue weighted by molar-refractivity contribution is 6.42. The molecule has 2 aromatic carbocycles. The number of carbonyl (C=O) groups is 2. The fraction of sp³-hybridized carbons (Fsp3) is 0.158. The number of hydrogen-bond acceptors (Lipinski definition) is 6. The van der Waals surface area contributed by atoms with Crippen LogP contribution in [0.3, 0.4) is 0 Å². The fourth-order valence-corrected chi connectivity index (χ4v) is 2.76. The summed E-state index contributed by atoms with van der Waals surface area (Å²) in [5.41, 5.74) is 0.625. The maximum Gasteiger partial charge on any atom is 0.316 e. The Morgan fingerprint density at radius 3 is 2.57 bits per heavy atom. The molecule has 30 heavy (non-hydrogen) atoms. The Kier molecular flexibility index (Phi) is 7.51. The van der Waals surface area contributed by atoms with Crippen LogP contribution < -0.4 is 15.4 Å². The Hall–Kier alpha value is -2.81. The van der Waals surface area contributed by atoms with Gasteiger partial charge in [-0.1, -0.05) is 52.1 Å². The van der Waals surface area contributed by atoms with Gasteiger partial charge in [-0.15, -0.1) is 0 Å². The molecule has 0 unspecified atom stereocenters. The van der Waals surface area contributed by atoms with Crippen LogP contribution in [0.25, 0.3) is 11.4 Å². The summed E-state index contributed by atoms with van der Waals surface area (Å²) in [4.78, 5) is 27.9. The Morgan fingerprint density at radius 2 is 1.80 bits per heavy atom. The first-order chi connectivity index (χ1) is 14.4. The van der Waals surface area contributed by atoms with Gasteiger partial charge >= 0.3 is 11.8 Å². The van der Waals surface area contributed by atoms with Gasteiger partial charge in [0.1, 0.15) is 5.75 Å². The van der Waals surface area contributed by atoms with Crippen molar-refractivity contribution in [2.75, 3.05) is 19.7 Å². The molecule has 0 spiro atoms. The lowest BCUT2D eigenvalue weighted by molar-refractivity contribution is -0.123. The molecule has 0 saturated carbocycles. The number of ether oxygens (including phenoxy) is 1. The van der Waals surface area contributed by atoms with Crippen LogP contribution in [0, 0.1) is 0 Å². The van der Waals surface area contributed by atoms with Gasteiger partial charge in [-0.25, -0.2) is 0 Å². The molecule has 0 aliphatic rings. The third kappa shape index (κ3) is 6.09. The number of nitrogens with zero attached hydrogens (tertiary/aromatic N) is 2. The van der Waals surface area contributed by atoms with Gasteiger partial charge in [0.2, 0.25) is 5.82 Å². The van der Waals surface area contributed by atoms with Gasteiger partial charge in [0.15, 0.2) is 6.61 Å². The number of hydrogen-bond donors (Lipinski definition) is 2. The summed E-state index contributed by atoms with van der Waals surface area (Å²) in [7, 11) is 0. The van der Waals surface area contributed by atoms with E-state index in [4.69, 9.17) is 44.1 Å². The van der Waals surface area contributed by atoms with Gasteiger partial charge in [0.25, 0.3) is 5.91 Å². The molecule has 8 nitrogen and oxygen atoms in total. The van der Waals surface area contributed by atoms with Gasteiger partial charge < -0.3 is 19.9 Å². The summed E-state index contributed by atoms with van der Waals surface area (Å²) >= 11 is 17.6. The molecule has 2 amide bonds. The van der Waals surface area contributed by atoms with Gasteiger partial charge in [0, 0.05) is 29.7 Å². The van der Waals surface area contributed by atoms with Crippen LogP contribution in [-0.2, 0) is 4.79 Å². The lowest BCUT2D eigenvalue weighted by atomic mass is 10.2. The number of nitrogens with one attached hydrogen (secondary N) is 2. The highest BCUT2D eigenvalue weighted by Gasteiger charge is 2.16. The number of benzene rings is 2. The zero-order chi connectivity index (χ0) is 21.5. The monoisotopic (exact) mass is 468 g/mol. The van der Waals surface area contributed by atoms with Crippen LogP contribution in [-0.4, -0.2) is 41.7 Å². The highest BCUT2D eigenvalue weighted by Crippen LogP contribution is 2.26. The smallest absolute Gasteiger partial charge is 0.316 e. The van der Waals surface area contributed by atoms with Crippen molar-refractivity contribution >= 4 is 46.6 Å². The van der Waals surface area contributed by atoms with E-state index >= 15 is 0 Å². The third-order valence-corrected chi connectivity index (χ3v) is 4.67. The SMILES string of the molecule is O=C(COc1ccc(Cl)c(Cl)c1)NCCNC(=O)c1nc(-c2cccc(Cl)c2)no1. The average Bonchev–Trinajstić information content (AvgIpc) is 3.22. The minimum Gasteiger partial charge on any atom is -0.484 e. The van der Waals surface area contributed by atoms with Crippen molar-refractivity contribution in [3.8, 4) is 17.1 Å². The predicted molar refractivity (Wildman–Crippen MR) is 112 cm³/mol. The predicted octanol–water partition coefficient (Wildman–Crippen LogP) is 3.62. The first-order valence-electron chi connectivity index (χ1n) is 8.65. The lowest BCUT2D eigenvalue weighted by Gasteiger charge is -2.08. The third-order valence-electron chi connectivity index (χ3n) is 3.70. The average molecular weight is 470 g/mol. The minimum atomic E-state index is -0.558. The largest absolute Gasteiger partial charge is 0.484 e. The highest BCUT2D eigenvalue weighted by atomic mass is 35.5. The van der Waals surface area contributed by atoms with Crippen molar-refractivity contribution in [2.24, 2.45) is 0 Å². The lowest BCUT2D eigenvalue weighted by Crippen LogP contribution is -2.36. The van der Waals surface area contributed by atoms with Gasteiger partial charge in [-0.3, -0.25) is 9.59 Å². The molecule has 0 aliphatic carbocycles. The van der Waals surface area contributed by atoms with Crippen molar-refractivity contribution in [3.05, 3.63) is 63.4 Å². The molecule has 0 radical (unpaired) electrons. The molecule has 11 heteroatoms. The summed E-state index contributed by atoms with van der Waals surface area (Å²) in [6, 6.07) is 11.5. The van der Waals surface area contributed by atoms with Crippen molar-refractivity contribution in [1.82, 2.24) is 20.8 Å². The van der Waals surface area contributed by atoms with Crippen molar-refractivity contribution in [1.29, 1.82) is 0 Å². The Balaban J connectivity index is 1.39. The number of aromatic nitrogens is 2. The number of amides is 2. The molecule has 3 rings (SSSR count). The Morgan fingerprint density at radius 1 is 1.00 bits per heavy atom. The maximum absolute atomic E-state index is 12.1. The van der Waals surface area contributed by atoms with Gasteiger partial charge in [-0.2, -0.15) is 4.98 Å². The normalized spacial score (nSPS) is 10.5. The van der Waals surface area contributed by atoms with Crippen LogP contribution in [0.5, 0.6) is 5.75 Å². The van der Waals surface area contributed by atoms with E-state index in [1.807, 2.05) is 0 Å². The minimum absolute atomic E-state index is 0.159. The van der Waals surface area contributed by atoms with Crippen LogP contribution in [0.2, 0.25) is 15.1 Å². The van der Waals surface area contributed by atoms with E-state index in [1.165, 1.54) is 6.07 Å². The standard InChI is InChI=1S/C19H15Cl3N4O4/c20-12-3-1-2-11(8-12)17-25-19(30-26-17)18(28)24-7-6-23-16(27)10-29-13-4-5-14(21)15(22)9-13/h1-5,8-9H,6-7,10H2,(H,23,27)(H,24,28). The summed E-state index contributed by atoms with van der Waals surface area (Å²) in [6.07, 6.45) is 0. The zero-order valence-corrected chi connectivity index (χ0v) is 17.6. The molecule has 3 aromatic rings. The topological polar surface area (TPSA) is 106 Å². The van der Waals surface area contributed by atoms with Crippen molar-refractivity contribution in [3.63, 3.8) is 0 Å². The van der Waals surface area contributed by atoms with Crippen molar-refractivity contribution in [2.45, 2.75) is 0 Å². The van der Waals surface area contributed by atoms with Crippen molar-refractivity contribution < 1.29 is 18.8 Å². The van der Waals surface area contributed by atoms with Gasteiger partial charge in [0.05, 0.1) is 10.0 Å². The van der Waals surface area contributed by atoms with Crippen LogP contribution in [0.4, 0.5) is 0 Å². The van der Waals surface area contributed by atoms with E-state index in [-0.39, 0.29) is 37.3 Å². The molecule has 1 heterocycles. The summed E-state index contributed by atoms with van der Waals surface area (Å²) in [5.74, 6) is -0.456. The fourth-order valence-electron chi connectivity index (χ4n) is 2.28. The molecule has 156 valence electrons. The molecule has 0 saturated heterocycles. The second-order valence-electron chi connectivity index (χ2n) is 5.90.